The van der Waals surface area contributed by atoms with Gasteiger partial charge >= 0.3 is 11.9 Å². The van der Waals surface area contributed by atoms with E-state index in [9.17, 15) is 9.59 Å². The molecule has 1 aromatic heterocycles. The zero-order chi connectivity index (χ0) is 22.9. The summed E-state index contributed by atoms with van der Waals surface area (Å²) in [6.07, 6.45) is 0. The predicted octanol–water partition coefficient (Wildman–Crippen LogP) is 4.65. The lowest BCUT2D eigenvalue weighted by Gasteiger charge is -2.31. The molecule has 0 aliphatic carbocycles. The lowest BCUT2D eigenvalue weighted by Crippen LogP contribution is -2.38. The molecule has 4 aromatic rings. The van der Waals surface area contributed by atoms with Crippen LogP contribution in [0.4, 0.5) is 5.69 Å². The van der Waals surface area contributed by atoms with Gasteiger partial charge in [-0.1, -0.05) is 48.5 Å². The van der Waals surface area contributed by atoms with Gasteiger partial charge in [-0.2, -0.15) is 0 Å². The van der Waals surface area contributed by atoms with Gasteiger partial charge in [0.1, 0.15) is 23.6 Å². The summed E-state index contributed by atoms with van der Waals surface area (Å²) in [5.74, 6) is -1.26. The molecule has 1 aliphatic rings. The van der Waals surface area contributed by atoms with Crippen molar-refractivity contribution in [2.75, 3.05) is 32.5 Å². The second kappa shape index (κ2) is 8.44. The number of ether oxygens (including phenoxy) is 3. The molecule has 0 amide bonds. The summed E-state index contributed by atoms with van der Waals surface area (Å²) in [6.45, 7) is 0.0726. The largest absolute Gasteiger partial charge is 0.466 e. The lowest BCUT2D eigenvalue weighted by atomic mass is 10.0. The van der Waals surface area contributed by atoms with Gasteiger partial charge < -0.3 is 23.5 Å². The van der Waals surface area contributed by atoms with Crippen LogP contribution in [0, 0.1) is 0 Å². The van der Waals surface area contributed by atoms with E-state index in [0.29, 0.717) is 5.69 Å². The van der Waals surface area contributed by atoms with Crippen molar-refractivity contribution < 1.29 is 28.2 Å². The molecule has 0 saturated heterocycles. The Morgan fingerprint density at radius 3 is 2.33 bits per heavy atom. The maximum atomic E-state index is 12.5. The average Bonchev–Trinajstić information content (AvgIpc) is 3.26. The summed E-state index contributed by atoms with van der Waals surface area (Å²) >= 11 is 0. The number of nitrogens with zero attached hydrogens (tertiary/aromatic N) is 1. The summed E-state index contributed by atoms with van der Waals surface area (Å²) in [5, 5.41) is 2.12. The van der Waals surface area contributed by atoms with Crippen LogP contribution in [-0.2, 0) is 23.8 Å². The van der Waals surface area contributed by atoms with Crippen molar-refractivity contribution in [3.8, 4) is 11.1 Å². The molecule has 5 rings (SSSR count). The number of hydrogen-bond acceptors (Lipinski definition) is 7. The molecule has 3 aromatic carbocycles. The fourth-order valence-electron chi connectivity index (χ4n) is 4.14. The smallest absolute Gasteiger partial charge is 0.355 e. The summed E-state index contributed by atoms with van der Waals surface area (Å²) < 4.78 is 21.4. The Labute approximate surface area is 189 Å². The van der Waals surface area contributed by atoms with Gasteiger partial charge in [-0.15, -0.1) is 0 Å². The number of methoxy groups -OCH3 is 2. The Bertz CT molecular complexity index is 1400. The number of furan rings is 1. The third-order valence-electron chi connectivity index (χ3n) is 5.73. The highest BCUT2D eigenvalue weighted by molar-refractivity contribution is 6.09. The van der Waals surface area contributed by atoms with Crippen LogP contribution < -0.4 is 4.90 Å². The fourth-order valence-corrected chi connectivity index (χ4v) is 4.14. The minimum absolute atomic E-state index is 0.0280. The molecule has 2 heterocycles. The Morgan fingerprint density at radius 2 is 1.58 bits per heavy atom. The lowest BCUT2D eigenvalue weighted by molar-refractivity contribution is -0.140. The van der Waals surface area contributed by atoms with E-state index in [1.165, 1.54) is 14.2 Å². The van der Waals surface area contributed by atoms with Crippen LogP contribution in [0.1, 0.15) is 0 Å². The zero-order valence-corrected chi connectivity index (χ0v) is 18.2. The van der Waals surface area contributed by atoms with E-state index >= 15 is 0 Å². The van der Waals surface area contributed by atoms with Gasteiger partial charge in [0.05, 0.1) is 26.4 Å². The number of para-hydroxylation sites is 2. The molecule has 0 N–H and O–H groups in total. The maximum Gasteiger partial charge on any atom is 0.355 e. The molecular formula is C26H21NO6. The Kier molecular flexibility index (Phi) is 5.32. The highest BCUT2D eigenvalue weighted by Crippen LogP contribution is 2.36. The number of benzene rings is 3. The van der Waals surface area contributed by atoms with Crippen LogP contribution in [0.5, 0.6) is 0 Å². The van der Waals surface area contributed by atoms with E-state index in [1.807, 2.05) is 66.7 Å². The maximum absolute atomic E-state index is 12.5. The molecule has 0 bridgehead atoms. The van der Waals surface area contributed by atoms with E-state index in [0.717, 1.165) is 33.1 Å². The third kappa shape index (κ3) is 3.52. The molecular weight excluding hydrogens is 422 g/mol. The zero-order valence-electron chi connectivity index (χ0n) is 18.2. The molecule has 0 fully saturated rings. The summed E-state index contributed by atoms with van der Waals surface area (Å²) in [5.41, 5.74) is 4.48. The van der Waals surface area contributed by atoms with E-state index in [1.54, 1.807) is 4.90 Å². The SMILES string of the molecule is COC(=O)C1=C(C(=O)OC)N(c2ccc(-c3cccc4c3oc3ccccc34)cc2)COC1. The molecule has 0 unspecified atom stereocenters. The number of hydrogen-bond donors (Lipinski definition) is 0. The first-order chi connectivity index (χ1) is 16.1. The highest BCUT2D eigenvalue weighted by atomic mass is 16.5. The monoisotopic (exact) mass is 443 g/mol. The van der Waals surface area contributed by atoms with Gasteiger partial charge in [0.15, 0.2) is 0 Å². The number of rotatable bonds is 4. The van der Waals surface area contributed by atoms with Gasteiger partial charge in [-0.05, 0) is 23.8 Å². The first kappa shape index (κ1) is 20.8. The number of carbonyl (C=O) groups excluding carboxylic acids is 2. The standard InChI is InChI=1S/C26H21NO6/c1-30-25(28)21-14-32-15-27(23(21)26(29)31-2)17-12-10-16(11-13-17)18-7-5-8-20-19-6-3-4-9-22(19)33-24(18)20/h3-13H,14-15H2,1-2H3. The number of esters is 2. The van der Waals surface area contributed by atoms with Gasteiger partial charge in [0.2, 0.25) is 0 Å². The summed E-state index contributed by atoms with van der Waals surface area (Å²) in [7, 11) is 2.53. The molecule has 0 saturated carbocycles. The van der Waals surface area contributed by atoms with Crippen LogP contribution in [0.15, 0.2) is 82.4 Å². The van der Waals surface area contributed by atoms with Crippen molar-refractivity contribution >= 4 is 39.6 Å². The summed E-state index contributed by atoms with van der Waals surface area (Å²) in [6, 6.07) is 21.6. The second-order valence-corrected chi connectivity index (χ2v) is 7.54. The van der Waals surface area contributed by atoms with Crippen LogP contribution in [0.2, 0.25) is 0 Å². The third-order valence-corrected chi connectivity index (χ3v) is 5.73. The van der Waals surface area contributed by atoms with E-state index in [2.05, 4.69) is 0 Å². The first-order valence-corrected chi connectivity index (χ1v) is 10.4. The van der Waals surface area contributed by atoms with Gasteiger partial charge in [-0.3, -0.25) is 0 Å². The van der Waals surface area contributed by atoms with E-state index in [-0.39, 0.29) is 24.6 Å². The van der Waals surface area contributed by atoms with Crippen molar-refractivity contribution in [1.82, 2.24) is 0 Å². The number of carbonyl (C=O) groups is 2. The molecule has 7 nitrogen and oxygen atoms in total. The molecule has 0 spiro atoms. The molecule has 7 heteroatoms. The average molecular weight is 443 g/mol. The summed E-state index contributed by atoms with van der Waals surface area (Å²) in [4.78, 5) is 26.3. The van der Waals surface area contributed by atoms with E-state index in [4.69, 9.17) is 18.6 Å². The highest BCUT2D eigenvalue weighted by Gasteiger charge is 2.32. The molecule has 33 heavy (non-hydrogen) atoms. The van der Waals surface area contributed by atoms with Crippen molar-refractivity contribution in [3.63, 3.8) is 0 Å². The van der Waals surface area contributed by atoms with Gasteiger partial charge in [-0.25, -0.2) is 9.59 Å². The van der Waals surface area contributed by atoms with Gasteiger partial charge in [0.25, 0.3) is 0 Å². The molecule has 1 aliphatic heterocycles. The molecule has 0 radical (unpaired) electrons. The van der Waals surface area contributed by atoms with E-state index < -0.39 is 11.9 Å². The number of anilines is 1. The van der Waals surface area contributed by atoms with Crippen LogP contribution in [-0.4, -0.2) is 39.5 Å². The van der Waals surface area contributed by atoms with Crippen molar-refractivity contribution in [2.24, 2.45) is 0 Å². The Hall–Kier alpha value is -4.10. The fraction of sp³-hybridized carbons (Fsp3) is 0.154. The van der Waals surface area contributed by atoms with Crippen LogP contribution in [0.3, 0.4) is 0 Å². The second-order valence-electron chi connectivity index (χ2n) is 7.54. The quantitative estimate of drug-likeness (QED) is 0.425. The topological polar surface area (TPSA) is 78.2 Å². The predicted molar refractivity (Wildman–Crippen MR) is 124 cm³/mol. The minimum atomic E-state index is -0.631. The van der Waals surface area contributed by atoms with Crippen molar-refractivity contribution in [2.45, 2.75) is 0 Å². The van der Waals surface area contributed by atoms with Crippen molar-refractivity contribution in [3.05, 3.63) is 78.0 Å². The number of fused-ring (bicyclic) bond motifs is 3. The Morgan fingerprint density at radius 1 is 0.848 bits per heavy atom. The van der Waals surface area contributed by atoms with Crippen LogP contribution >= 0.6 is 0 Å². The molecule has 0 atom stereocenters. The van der Waals surface area contributed by atoms with Crippen LogP contribution in [0.25, 0.3) is 33.1 Å². The minimum Gasteiger partial charge on any atom is -0.466 e. The molecule has 166 valence electrons. The van der Waals surface area contributed by atoms with Crippen molar-refractivity contribution in [1.29, 1.82) is 0 Å². The first-order valence-electron chi connectivity index (χ1n) is 10.4. The van der Waals surface area contributed by atoms with Gasteiger partial charge in [0, 0.05) is 22.0 Å². The Balaban J connectivity index is 1.56. The normalized spacial score (nSPS) is 14.1.